The van der Waals surface area contributed by atoms with Gasteiger partial charge in [0.25, 0.3) is 0 Å². The molecule has 2 heterocycles. The molecular weight excluding hydrogens is 312 g/mol. The predicted molar refractivity (Wildman–Crippen MR) is 87.4 cm³/mol. The summed E-state index contributed by atoms with van der Waals surface area (Å²) in [6, 6.07) is 5.30. The molecule has 1 aromatic rings. The molecule has 2 amide bonds. The van der Waals surface area contributed by atoms with Crippen LogP contribution in [0.3, 0.4) is 0 Å². The second-order valence-corrected chi connectivity index (χ2v) is 5.88. The summed E-state index contributed by atoms with van der Waals surface area (Å²) in [5.41, 5.74) is 0.667. The minimum absolute atomic E-state index is 0.0293. The lowest BCUT2D eigenvalue weighted by atomic mass is 10.1. The summed E-state index contributed by atoms with van der Waals surface area (Å²) in [5.74, 6) is 0.861. The summed E-state index contributed by atoms with van der Waals surface area (Å²) in [6.45, 7) is 2.67. The van der Waals surface area contributed by atoms with E-state index in [2.05, 4.69) is 0 Å². The van der Waals surface area contributed by atoms with Gasteiger partial charge in [-0.3, -0.25) is 9.59 Å². The van der Waals surface area contributed by atoms with E-state index >= 15 is 0 Å². The SMILES string of the molecule is COc1ccc(N2CC(C(=O)N3CCOCC3)CC2=O)c(OC)c1. The number of methoxy groups -OCH3 is 2. The summed E-state index contributed by atoms with van der Waals surface area (Å²) in [4.78, 5) is 28.5. The molecule has 1 unspecified atom stereocenters. The van der Waals surface area contributed by atoms with E-state index in [9.17, 15) is 9.59 Å². The van der Waals surface area contributed by atoms with Crippen LogP contribution in [0, 0.1) is 5.92 Å². The van der Waals surface area contributed by atoms with Gasteiger partial charge >= 0.3 is 0 Å². The highest BCUT2D eigenvalue weighted by Gasteiger charge is 2.38. The minimum atomic E-state index is -0.317. The number of carbonyl (C=O) groups is 2. The van der Waals surface area contributed by atoms with Crippen LogP contribution in [0.4, 0.5) is 5.69 Å². The molecule has 7 nitrogen and oxygen atoms in total. The summed E-state index contributed by atoms with van der Waals surface area (Å²) in [5, 5.41) is 0. The van der Waals surface area contributed by atoms with Crippen molar-refractivity contribution in [3.05, 3.63) is 18.2 Å². The largest absolute Gasteiger partial charge is 0.497 e. The molecule has 1 aromatic carbocycles. The second-order valence-electron chi connectivity index (χ2n) is 5.88. The van der Waals surface area contributed by atoms with E-state index in [-0.39, 0.29) is 24.2 Å². The van der Waals surface area contributed by atoms with Gasteiger partial charge in [0.2, 0.25) is 11.8 Å². The van der Waals surface area contributed by atoms with Gasteiger partial charge in [-0.25, -0.2) is 0 Å². The fourth-order valence-electron chi connectivity index (χ4n) is 3.16. The second kappa shape index (κ2) is 7.09. The van der Waals surface area contributed by atoms with Gasteiger partial charge < -0.3 is 24.0 Å². The number of hydrogen-bond acceptors (Lipinski definition) is 5. The van der Waals surface area contributed by atoms with Gasteiger partial charge in [-0.2, -0.15) is 0 Å². The molecule has 2 aliphatic rings. The first-order valence-corrected chi connectivity index (χ1v) is 8.03. The third-order valence-corrected chi connectivity index (χ3v) is 4.47. The highest BCUT2D eigenvalue weighted by Crippen LogP contribution is 2.36. The van der Waals surface area contributed by atoms with Crippen LogP contribution in [0.15, 0.2) is 18.2 Å². The first-order valence-electron chi connectivity index (χ1n) is 8.03. The molecular formula is C17H22N2O5. The molecule has 0 bridgehead atoms. The van der Waals surface area contributed by atoms with Gasteiger partial charge in [-0.1, -0.05) is 0 Å². The number of rotatable bonds is 4. The molecule has 1 atom stereocenters. The Morgan fingerprint density at radius 3 is 2.62 bits per heavy atom. The van der Waals surface area contributed by atoms with Crippen LogP contribution < -0.4 is 14.4 Å². The minimum Gasteiger partial charge on any atom is -0.497 e. The summed E-state index contributed by atoms with van der Waals surface area (Å²) >= 11 is 0. The number of morpholine rings is 1. The summed E-state index contributed by atoms with van der Waals surface area (Å²) in [7, 11) is 3.13. The van der Waals surface area contributed by atoms with Gasteiger partial charge in [0.1, 0.15) is 11.5 Å². The first-order chi connectivity index (χ1) is 11.6. The number of anilines is 1. The zero-order valence-corrected chi connectivity index (χ0v) is 14.0. The molecule has 2 aliphatic heterocycles. The van der Waals surface area contributed by atoms with Crippen LogP contribution in [0.25, 0.3) is 0 Å². The molecule has 2 saturated heterocycles. The lowest BCUT2D eigenvalue weighted by molar-refractivity contribution is -0.139. The summed E-state index contributed by atoms with van der Waals surface area (Å²) < 4.78 is 15.8. The molecule has 3 rings (SSSR count). The molecule has 130 valence electrons. The third kappa shape index (κ3) is 3.17. The van der Waals surface area contributed by atoms with Crippen LogP contribution in [0.1, 0.15) is 6.42 Å². The van der Waals surface area contributed by atoms with Crippen LogP contribution in [0.2, 0.25) is 0 Å². The van der Waals surface area contributed by atoms with Gasteiger partial charge in [0.15, 0.2) is 0 Å². The highest BCUT2D eigenvalue weighted by molar-refractivity contribution is 6.01. The standard InChI is InChI=1S/C17H22N2O5/c1-22-13-3-4-14(15(10-13)23-2)19-11-12(9-16(19)20)17(21)18-5-7-24-8-6-18/h3-4,10,12H,5-9,11H2,1-2H3. The first kappa shape index (κ1) is 16.6. The Bertz CT molecular complexity index is 627. The quantitative estimate of drug-likeness (QED) is 0.819. The number of hydrogen-bond donors (Lipinski definition) is 0. The van der Waals surface area contributed by atoms with Crippen molar-refractivity contribution in [2.24, 2.45) is 5.92 Å². The van der Waals surface area contributed by atoms with Crippen molar-refractivity contribution in [1.29, 1.82) is 0 Å². The van der Waals surface area contributed by atoms with Crippen molar-refractivity contribution in [3.8, 4) is 11.5 Å². The normalized spacial score (nSPS) is 21.1. The summed E-state index contributed by atoms with van der Waals surface area (Å²) in [6.07, 6.45) is 0.228. The molecule has 0 N–H and O–H groups in total. The van der Waals surface area contributed by atoms with Crippen LogP contribution in [-0.4, -0.2) is 63.8 Å². The van der Waals surface area contributed by atoms with Crippen LogP contribution in [-0.2, 0) is 14.3 Å². The van der Waals surface area contributed by atoms with Crippen molar-refractivity contribution in [3.63, 3.8) is 0 Å². The Kier molecular flexibility index (Phi) is 4.89. The molecule has 7 heteroatoms. The molecule has 0 radical (unpaired) electrons. The fourth-order valence-corrected chi connectivity index (χ4v) is 3.16. The topological polar surface area (TPSA) is 68.3 Å². The zero-order valence-electron chi connectivity index (χ0n) is 14.0. The Balaban J connectivity index is 1.76. The third-order valence-electron chi connectivity index (χ3n) is 4.47. The van der Waals surface area contributed by atoms with Gasteiger partial charge in [0.05, 0.1) is 39.0 Å². The van der Waals surface area contributed by atoms with Crippen molar-refractivity contribution in [2.75, 3.05) is 52.0 Å². The maximum Gasteiger partial charge on any atom is 0.228 e. The highest BCUT2D eigenvalue weighted by atomic mass is 16.5. The van der Waals surface area contributed by atoms with Crippen molar-refractivity contribution >= 4 is 17.5 Å². The van der Waals surface area contributed by atoms with Crippen LogP contribution >= 0.6 is 0 Å². The van der Waals surface area contributed by atoms with E-state index in [1.807, 2.05) is 0 Å². The number of amides is 2. The lowest BCUT2D eigenvalue weighted by Gasteiger charge is -2.29. The monoisotopic (exact) mass is 334 g/mol. The van der Waals surface area contributed by atoms with Gasteiger partial charge in [0, 0.05) is 32.1 Å². The van der Waals surface area contributed by atoms with Crippen LogP contribution in [0.5, 0.6) is 11.5 Å². The Morgan fingerprint density at radius 1 is 1.21 bits per heavy atom. The van der Waals surface area contributed by atoms with Gasteiger partial charge in [-0.05, 0) is 12.1 Å². The zero-order chi connectivity index (χ0) is 17.1. The molecule has 0 saturated carbocycles. The van der Waals surface area contributed by atoms with E-state index in [4.69, 9.17) is 14.2 Å². The average molecular weight is 334 g/mol. The number of carbonyl (C=O) groups excluding carboxylic acids is 2. The van der Waals surface area contributed by atoms with E-state index < -0.39 is 0 Å². The van der Waals surface area contributed by atoms with E-state index in [0.717, 1.165) is 0 Å². The average Bonchev–Trinajstić information content (AvgIpc) is 3.02. The molecule has 2 fully saturated rings. The maximum absolute atomic E-state index is 12.6. The molecule has 0 spiro atoms. The Hall–Kier alpha value is -2.28. The Morgan fingerprint density at radius 2 is 1.96 bits per heavy atom. The number of ether oxygens (including phenoxy) is 3. The predicted octanol–water partition coefficient (Wildman–Crippen LogP) is 0.915. The van der Waals surface area contributed by atoms with E-state index in [1.165, 1.54) is 0 Å². The molecule has 0 aromatic heterocycles. The molecule has 24 heavy (non-hydrogen) atoms. The van der Waals surface area contributed by atoms with E-state index in [1.54, 1.807) is 42.2 Å². The maximum atomic E-state index is 12.6. The van der Waals surface area contributed by atoms with Gasteiger partial charge in [-0.15, -0.1) is 0 Å². The van der Waals surface area contributed by atoms with Crippen molar-refractivity contribution in [2.45, 2.75) is 6.42 Å². The number of benzene rings is 1. The van der Waals surface area contributed by atoms with Crippen molar-refractivity contribution < 1.29 is 23.8 Å². The number of nitrogens with zero attached hydrogens (tertiary/aromatic N) is 2. The fraction of sp³-hybridized carbons (Fsp3) is 0.529. The molecule has 0 aliphatic carbocycles. The van der Waals surface area contributed by atoms with Crippen molar-refractivity contribution in [1.82, 2.24) is 4.90 Å². The lowest BCUT2D eigenvalue weighted by Crippen LogP contribution is -2.44. The Labute approximate surface area is 141 Å². The smallest absolute Gasteiger partial charge is 0.228 e. The van der Waals surface area contributed by atoms with E-state index in [0.29, 0.717) is 50.0 Å².